The predicted molar refractivity (Wildman–Crippen MR) is 72.0 cm³/mol. The molecule has 0 saturated carbocycles. The Morgan fingerprint density at radius 1 is 1.50 bits per heavy atom. The summed E-state index contributed by atoms with van der Waals surface area (Å²) in [5.41, 5.74) is 6.29. The van der Waals surface area contributed by atoms with Gasteiger partial charge in [0.2, 0.25) is 5.28 Å². The molecule has 0 aliphatic heterocycles. The Hall–Kier alpha value is -1.51. The molecule has 0 aliphatic carbocycles. The Balaban J connectivity index is 2.48. The van der Waals surface area contributed by atoms with Crippen molar-refractivity contribution in [3.63, 3.8) is 0 Å². The van der Waals surface area contributed by atoms with Crippen LogP contribution in [0.4, 0.5) is 10.2 Å². The Bertz CT molecular complexity index is 606. The predicted octanol–water partition coefficient (Wildman–Crippen LogP) is 1.32. The minimum absolute atomic E-state index is 0.0581. The zero-order chi connectivity index (χ0) is 14.9. The van der Waals surface area contributed by atoms with Crippen LogP contribution in [0.3, 0.4) is 0 Å². The number of rotatable bonds is 5. The summed E-state index contributed by atoms with van der Waals surface area (Å²) >= 11 is 5.75. The molecule has 20 heavy (non-hydrogen) atoms. The summed E-state index contributed by atoms with van der Waals surface area (Å²) in [6.07, 6.45) is -1.52. The minimum atomic E-state index is -1.35. The summed E-state index contributed by atoms with van der Waals surface area (Å²) < 4.78 is 20.6. The maximum Gasteiger partial charge on any atom is 0.226 e. The summed E-state index contributed by atoms with van der Waals surface area (Å²) in [4.78, 5) is 11.8. The molecule has 2 aromatic heterocycles. The summed E-state index contributed by atoms with van der Waals surface area (Å²) in [6, 6.07) is 0. The second-order valence-corrected chi connectivity index (χ2v) is 4.74. The van der Waals surface area contributed by atoms with Crippen LogP contribution in [-0.4, -0.2) is 43.5 Å². The van der Waals surface area contributed by atoms with Gasteiger partial charge in [0, 0.05) is 0 Å². The van der Waals surface area contributed by atoms with Crippen molar-refractivity contribution in [1.29, 1.82) is 0 Å². The lowest BCUT2D eigenvalue weighted by Crippen LogP contribution is -2.27. The van der Waals surface area contributed by atoms with Gasteiger partial charge in [0.25, 0.3) is 0 Å². The van der Waals surface area contributed by atoms with Crippen LogP contribution in [0.1, 0.15) is 20.1 Å². The molecule has 0 bridgehead atoms. The summed E-state index contributed by atoms with van der Waals surface area (Å²) in [5, 5.41) is 8.97. The van der Waals surface area contributed by atoms with Crippen molar-refractivity contribution in [3.05, 3.63) is 11.6 Å². The van der Waals surface area contributed by atoms with Gasteiger partial charge in [0.15, 0.2) is 17.7 Å². The van der Waals surface area contributed by atoms with Crippen LogP contribution >= 0.6 is 11.6 Å². The summed E-state index contributed by atoms with van der Waals surface area (Å²) in [7, 11) is 0. The van der Waals surface area contributed by atoms with E-state index in [-0.39, 0.29) is 23.4 Å². The highest BCUT2D eigenvalue weighted by Crippen LogP contribution is 2.25. The van der Waals surface area contributed by atoms with Crippen molar-refractivity contribution >= 4 is 28.6 Å². The Morgan fingerprint density at radius 3 is 2.80 bits per heavy atom. The van der Waals surface area contributed by atoms with Crippen molar-refractivity contribution in [2.75, 3.05) is 12.3 Å². The van der Waals surface area contributed by atoms with Gasteiger partial charge in [0.1, 0.15) is 11.7 Å². The van der Waals surface area contributed by atoms with Crippen LogP contribution in [0.2, 0.25) is 5.28 Å². The topological polar surface area (TPSA) is 99.1 Å². The van der Waals surface area contributed by atoms with Gasteiger partial charge in [0.05, 0.1) is 19.0 Å². The second kappa shape index (κ2) is 5.86. The standard InChI is InChI=1S/C11H15ClFN5O2/c1-5(3-19)20-10(6(2)13)18-4-15-7-8(14)16-11(12)17-9(7)18/h4-6,10,19H,3H2,1-2H3,(H2,14,16,17)/t5-,6?,10+/m0/s1. The largest absolute Gasteiger partial charge is 0.394 e. The van der Waals surface area contributed by atoms with Gasteiger partial charge in [-0.15, -0.1) is 0 Å². The molecular formula is C11H15ClFN5O2. The molecule has 0 aliphatic rings. The lowest BCUT2D eigenvalue weighted by atomic mass is 10.3. The van der Waals surface area contributed by atoms with Crippen molar-refractivity contribution < 1.29 is 14.2 Å². The fourth-order valence-electron chi connectivity index (χ4n) is 1.77. The smallest absolute Gasteiger partial charge is 0.226 e. The van der Waals surface area contributed by atoms with E-state index in [9.17, 15) is 4.39 Å². The first-order valence-electron chi connectivity index (χ1n) is 6.00. The van der Waals surface area contributed by atoms with E-state index in [0.717, 1.165) is 0 Å². The van der Waals surface area contributed by atoms with Crippen LogP contribution in [0, 0.1) is 0 Å². The quantitative estimate of drug-likeness (QED) is 0.808. The first-order valence-corrected chi connectivity index (χ1v) is 6.37. The molecule has 1 unspecified atom stereocenters. The number of anilines is 1. The molecule has 9 heteroatoms. The number of alkyl halides is 1. The molecule has 0 amide bonds. The molecule has 3 N–H and O–H groups in total. The third kappa shape index (κ3) is 2.82. The van der Waals surface area contributed by atoms with E-state index in [1.165, 1.54) is 17.8 Å². The van der Waals surface area contributed by atoms with Crippen LogP contribution in [-0.2, 0) is 4.74 Å². The van der Waals surface area contributed by atoms with Gasteiger partial charge >= 0.3 is 0 Å². The van der Waals surface area contributed by atoms with Crippen molar-refractivity contribution in [3.8, 4) is 0 Å². The normalized spacial score (nSPS) is 16.2. The molecule has 0 spiro atoms. The highest BCUT2D eigenvalue weighted by atomic mass is 35.5. The Labute approximate surface area is 119 Å². The second-order valence-electron chi connectivity index (χ2n) is 4.40. The van der Waals surface area contributed by atoms with Gasteiger partial charge in [-0.05, 0) is 25.4 Å². The van der Waals surface area contributed by atoms with E-state index in [1.54, 1.807) is 6.92 Å². The van der Waals surface area contributed by atoms with Crippen LogP contribution in [0.5, 0.6) is 0 Å². The molecular weight excluding hydrogens is 289 g/mol. The molecule has 3 atom stereocenters. The Morgan fingerprint density at radius 2 is 2.20 bits per heavy atom. The first-order chi connectivity index (χ1) is 9.43. The van der Waals surface area contributed by atoms with E-state index in [0.29, 0.717) is 5.52 Å². The van der Waals surface area contributed by atoms with E-state index in [2.05, 4.69) is 15.0 Å². The molecule has 0 saturated heterocycles. The molecule has 2 heterocycles. The lowest BCUT2D eigenvalue weighted by Gasteiger charge is -2.23. The van der Waals surface area contributed by atoms with Crippen molar-refractivity contribution in [2.45, 2.75) is 32.4 Å². The zero-order valence-corrected chi connectivity index (χ0v) is 11.8. The van der Waals surface area contributed by atoms with Crippen LogP contribution in [0.25, 0.3) is 11.2 Å². The molecule has 0 aromatic carbocycles. The number of aromatic nitrogens is 4. The number of hydrogen-bond donors (Lipinski definition) is 2. The average Bonchev–Trinajstić information content (AvgIpc) is 2.79. The Kier molecular flexibility index (Phi) is 4.36. The number of fused-ring (bicyclic) bond motifs is 1. The number of nitrogens with zero attached hydrogens (tertiary/aromatic N) is 4. The molecule has 7 nitrogen and oxygen atoms in total. The number of aliphatic hydroxyl groups is 1. The summed E-state index contributed by atoms with van der Waals surface area (Å²) in [5.74, 6) is 0.110. The fraction of sp³-hybridized carbons (Fsp3) is 0.545. The van der Waals surface area contributed by atoms with E-state index < -0.39 is 18.5 Å². The monoisotopic (exact) mass is 303 g/mol. The van der Waals surface area contributed by atoms with Crippen molar-refractivity contribution in [1.82, 2.24) is 19.5 Å². The van der Waals surface area contributed by atoms with E-state index >= 15 is 0 Å². The molecule has 110 valence electrons. The van der Waals surface area contributed by atoms with Gasteiger partial charge in [-0.3, -0.25) is 4.57 Å². The highest BCUT2D eigenvalue weighted by molar-refractivity contribution is 6.28. The molecule has 2 aromatic rings. The van der Waals surface area contributed by atoms with Gasteiger partial charge in [-0.1, -0.05) is 0 Å². The van der Waals surface area contributed by atoms with Crippen molar-refractivity contribution in [2.24, 2.45) is 0 Å². The number of ether oxygens (including phenoxy) is 1. The number of aliphatic hydroxyl groups excluding tert-OH is 1. The molecule has 0 radical (unpaired) electrons. The number of nitrogens with two attached hydrogens (primary N) is 1. The average molecular weight is 304 g/mol. The number of halogens is 2. The minimum Gasteiger partial charge on any atom is -0.394 e. The van der Waals surface area contributed by atoms with E-state index in [1.807, 2.05) is 0 Å². The summed E-state index contributed by atoms with van der Waals surface area (Å²) in [6.45, 7) is 2.74. The SMILES string of the molecule is CC(F)[C@@H](O[C@@H](C)CO)n1cnc2c(N)nc(Cl)nc21. The van der Waals surface area contributed by atoms with Crippen LogP contribution in [0.15, 0.2) is 6.33 Å². The van der Waals surface area contributed by atoms with Crippen LogP contribution < -0.4 is 5.73 Å². The third-order valence-corrected chi connectivity index (χ3v) is 2.89. The van der Waals surface area contributed by atoms with Gasteiger partial charge in [-0.25, -0.2) is 9.37 Å². The van der Waals surface area contributed by atoms with Gasteiger partial charge in [-0.2, -0.15) is 9.97 Å². The zero-order valence-electron chi connectivity index (χ0n) is 11.0. The first kappa shape index (κ1) is 14.9. The lowest BCUT2D eigenvalue weighted by molar-refractivity contribution is -0.0963. The maximum absolute atomic E-state index is 13.8. The fourth-order valence-corrected chi connectivity index (χ4v) is 1.94. The number of hydrogen-bond acceptors (Lipinski definition) is 6. The van der Waals surface area contributed by atoms with Gasteiger partial charge < -0.3 is 15.6 Å². The van der Waals surface area contributed by atoms with E-state index in [4.69, 9.17) is 27.2 Å². The third-order valence-electron chi connectivity index (χ3n) is 2.72. The number of imidazole rings is 1. The maximum atomic E-state index is 13.8. The highest BCUT2D eigenvalue weighted by Gasteiger charge is 2.25. The number of nitrogen functional groups attached to an aromatic ring is 1. The molecule has 0 fully saturated rings. The molecule has 2 rings (SSSR count).